The van der Waals surface area contributed by atoms with Gasteiger partial charge in [-0.3, -0.25) is 9.59 Å². The quantitative estimate of drug-likeness (QED) is 0.474. The van der Waals surface area contributed by atoms with Gasteiger partial charge in [0, 0.05) is 42.6 Å². The van der Waals surface area contributed by atoms with Gasteiger partial charge in [-0.05, 0) is 24.6 Å². The standard InChI is InChI=1S/C26H26F2N6O5S/c1-15-3-6-20(29-11-15)34-23(30-21(35)12-40(2,37)38)22-18(32-34)10-25(31-24(22)36)7-8-39-19-9-16(4-5-17(19)25)33-13-26(27,28)14-33/h3-6,9,11H,7-8,10,12-14H2,1-2H3,(H,30,35)(H,31,36)/t25-/m0/s1. The summed E-state index contributed by atoms with van der Waals surface area (Å²) in [5.74, 6) is -3.96. The summed E-state index contributed by atoms with van der Waals surface area (Å²) < 4.78 is 57.5. The summed E-state index contributed by atoms with van der Waals surface area (Å²) in [5.41, 5.74) is 1.81. The molecule has 3 aliphatic rings. The van der Waals surface area contributed by atoms with Crippen LogP contribution in [0.1, 0.15) is 33.6 Å². The van der Waals surface area contributed by atoms with Crippen molar-refractivity contribution in [3.05, 3.63) is 58.9 Å². The number of nitrogens with one attached hydrogen (secondary N) is 2. The fraction of sp³-hybridized carbons (Fsp3) is 0.385. The van der Waals surface area contributed by atoms with E-state index < -0.39 is 38.9 Å². The Bertz CT molecular complexity index is 1650. The number of nitrogens with zero attached hydrogens (tertiary/aromatic N) is 4. The number of carbonyl (C=O) groups excluding carboxylic acids is 2. The smallest absolute Gasteiger partial charge is 0.282 e. The van der Waals surface area contributed by atoms with E-state index in [1.165, 1.54) is 4.68 Å². The van der Waals surface area contributed by atoms with Gasteiger partial charge in [0.25, 0.3) is 11.8 Å². The number of aryl methyl sites for hydroxylation is 1. The molecule has 1 saturated heterocycles. The van der Waals surface area contributed by atoms with Gasteiger partial charge in [0.2, 0.25) is 5.91 Å². The van der Waals surface area contributed by atoms with Gasteiger partial charge in [-0.1, -0.05) is 12.1 Å². The number of amides is 2. The van der Waals surface area contributed by atoms with Crippen molar-refractivity contribution in [1.82, 2.24) is 20.1 Å². The Hall–Kier alpha value is -4.07. The Morgan fingerprint density at radius 2 is 2.00 bits per heavy atom. The van der Waals surface area contributed by atoms with Crippen LogP contribution in [-0.4, -0.2) is 72.6 Å². The zero-order chi connectivity index (χ0) is 28.4. The fourth-order valence-electron chi connectivity index (χ4n) is 5.41. The van der Waals surface area contributed by atoms with Crippen LogP contribution >= 0.6 is 0 Å². The molecule has 0 unspecified atom stereocenters. The van der Waals surface area contributed by atoms with Crippen molar-refractivity contribution in [2.45, 2.75) is 31.2 Å². The topological polar surface area (TPSA) is 136 Å². The first-order chi connectivity index (χ1) is 18.8. The van der Waals surface area contributed by atoms with Crippen molar-refractivity contribution >= 4 is 33.2 Å². The second kappa shape index (κ2) is 8.98. The van der Waals surface area contributed by atoms with Gasteiger partial charge in [-0.15, -0.1) is 0 Å². The van der Waals surface area contributed by atoms with Gasteiger partial charge in [0.1, 0.15) is 17.1 Å². The SMILES string of the molecule is Cc1ccc(-n2nc3c(c2NC(=O)CS(C)(=O)=O)C(=O)N[C@@]2(CCOc4cc(N5CC(F)(F)C5)ccc42)C3)nc1. The van der Waals surface area contributed by atoms with Gasteiger partial charge >= 0.3 is 0 Å². The van der Waals surface area contributed by atoms with E-state index in [4.69, 9.17) is 4.74 Å². The number of halogens is 2. The molecule has 3 aromatic rings. The van der Waals surface area contributed by atoms with E-state index in [0.29, 0.717) is 34.9 Å². The summed E-state index contributed by atoms with van der Waals surface area (Å²) >= 11 is 0. The predicted octanol–water partition coefficient (Wildman–Crippen LogP) is 1.98. The van der Waals surface area contributed by atoms with E-state index in [-0.39, 0.29) is 37.5 Å². The van der Waals surface area contributed by atoms with Crippen LogP contribution in [0.4, 0.5) is 20.3 Å². The summed E-state index contributed by atoms with van der Waals surface area (Å²) in [6.45, 7) is 1.41. The number of ether oxygens (including phenoxy) is 1. The third-order valence-electron chi connectivity index (χ3n) is 7.25. The van der Waals surface area contributed by atoms with Gasteiger partial charge < -0.3 is 20.3 Å². The monoisotopic (exact) mass is 572 g/mol. The molecule has 0 saturated carbocycles. The molecule has 6 rings (SSSR count). The summed E-state index contributed by atoms with van der Waals surface area (Å²) in [6.07, 6.45) is 3.23. The number of hydrogen-bond acceptors (Lipinski definition) is 8. The number of benzene rings is 1. The molecule has 1 spiro atoms. The number of rotatable bonds is 5. The molecule has 1 fully saturated rings. The Kier molecular flexibility index (Phi) is 5.87. The number of carbonyl (C=O) groups is 2. The van der Waals surface area contributed by atoms with Crippen LogP contribution in [0.5, 0.6) is 5.75 Å². The van der Waals surface area contributed by atoms with Crippen molar-refractivity contribution in [2.24, 2.45) is 0 Å². The number of pyridine rings is 1. The lowest BCUT2D eigenvalue weighted by atomic mass is 9.77. The zero-order valence-corrected chi connectivity index (χ0v) is 22.5. The van der Waals surface area contributed by atoms with E-state index in [9.17, 15) is 26.8 Å². The van der Waals surface area contributed by atoms with Crippen LogP contribution in [0.3, 0.4) is 0 Å². The number of aromatic nitrogens is 3. The maximum absolute atomic E-state index is 13.7. The molecule has 1 aromatic carbocycles. The molecule has 0 bridgehead atoms. The first kappa shape index (κ1) is 26.2. The summed E-state index contributed by atoms with van der Waals surface area (Å²) in [7, 11) is -3.63. The van der Waals surface area contributed by atoms with Gasteiger partial charge in [0.05, 0.1) is 30.9 Å². The molecule has 2 N–H and O–H groups in total. The van der Waals surface area contributed by atoms with Crippen LogP contribution in [0.2, 0.25) is 0 Å². The lowest BCUT2D eigenvalue weighted by Crippen LogP contribution is -2.56. The van der Waals surface area contributed by atoms with E-state index >= 15 is 0 Å². The minimum Gasteiger partial charge on any atom is -0.493 e. The molecule has 5 heterocycles. The summed E-state index contributed by atoms with van der Waals surface area (Å²) in [4.78, 5) is 32.2. The van der Waals surface area contributed by atoms with E-state index in [1.807, 2.05) is 6.92 Å². The first-order valence-corrected chi connectivity index (χ1v) is 14.6. The lowest BCUT2D eigenvalue weighted by molar-refractivity contribution is -0.113. The molecule has 40 heavy (non-hydrogen) atoms. The average Bonchev–Trinajstić information content (AvgIpc) is 3.19. The number of anilines is 2. The van der Waals surface area contributed by atoms with Crippen molar-refractivity contribution in [3.63, 3.8) is 0 Å². The van der Waals surface area contributed by atoms with Crippen LogP contribution in [-0.2, 0) is 26.6 Å². The highest BCUT2D eigenvalue weighted by Gasteiger charge is 2.48. The van der Waals surface area contributed by atoms with Crippen LogP contribution in [0.15, 0.2) is 36.5 Å². The maximum Gasteiger partial charge on any atom is 0.282 e. The Morgan fingerprint density at radius 1 is 1.23 bits per heavy atom. The number of hydrogen-bond donors (Lipinski definition) is 2. The molecule has 2 aromatic heterocycles. The molecule has 3 aliphatic heterocycles. The van der Waals surface area contributed by atoms with Crippen molar-refractivity contribution in [3.8, 4) is 11.6 Å². The third kappa shape index (κ3) is 4.65. The largest absolute Gasteiger partial charge is 0.493 e. The second-order valence-electron chi connectivity index (χ2n) is 10.6. The minimum atomic E-state index is -3.63. The summed E-state index contributed by atoms with van der Waals surface area (Å²) in [6, 6.07) is 8.70. The Morgan fingerprint density at radius 3 is 2.67 bits per heavy atom. The Balaban J connectivity index is 1.39. The molecule has 14 heteroatoms. The molecule has 210 valence electrons. The second-order valence-corrected chi connectivity index (χ2v) is 12.7. The molecule has 1 atom stereocenters. The third-order valence-corrected chi connectivity index (χ3v) is 8.03. The lowest BCUT2D eigenvalue weighted by Gasteiger charge is -2.43. The van der Waals surface area contributed by atoms with E-state index in [1.54, 1.807) is 41.4 Å². The highest BCUT2D eigenvalue weighted by molar-refractivity contribution is 7.91. The minimum absolute atomic E-state index is 0.0219. The van der Waals surface area contributed by atoms with Gasteiger partial charge in [-0.25, -0.2) is 22.2 Å². The number of sulfone groups is 1. The molecule has 0 aliphatic carbocycles. The maximum atomic E-state index is 13.7. The highest BCUT2D eigenvalue weighted by atomic mass is 32.2. The van der Waals surface area contributed by atoms with E-state index in [0.717, 1.165) is 11.8 Å². The van der Waals surface area contributed by atoms with Crippen LogP contribution in [0.25, 0.3) is 5.82 Å². The fourth-order valence-corrected chi connectivity index (χ4v) is 5.96. The number of alkyl halides is 2. The van der Waals surface area contributed by atoms with Crippen LogP contribution in [0, 0.1) is 6.92 Å². The zero-order valence-electron chi connectivity index (χ0n) is 21.7. The highest BCUT2D eigenvalue weighted by Crippen LogP contribution is 2.45. The van der Waals surface area contributed by atoms with Crippen molar-refractivity contribution in [1.29, 1.82) is 0 Å². The van der Waals surface area contributed by atoms with Crippen molar-refractivity contribution < 1.29 is 31.5 Å². The molecule has 0 radical (unpaired) electrons. The number of fused-ring (bicyclic) bond motifs is 3. The first-order valence-electron chi connectivity index (χ1n) is 12.6. The molecule has 11 nitrogen and oxygen atoms in total. The van der Waals surface area contributed by atoms with Crippen molar-refractivity contribution in [2.75, 3.05) is 41.9 Å². The summed E-state index contributed by atoms with van der Waals surface area (Å²) in [5, 5.41) is 10.3. The molecular weight excluding hydrogens is 546 g/mol. The molecule has 2 amide bonds. The predicted molar refractivity (Wildman–Crippen MR) is 141 cm³/mol. The normalized spacial score (nSPS) is 21.1. The average molecular weight is 573 g/mol. The van der Waals surface area contributed by atoms with Gasteiger partial charge in [0.15, 0.2) is 21.5 Å². The molecular formula is C26H26F2N6O5S. The Labute approximate surface area is 228 Å². The van der Waals surface area contributed by atoms with Gasteiger partial charge in [-0.2, -0.15) is 9.78 Å². The van der Waals surface area contributed by atoms with Crippen LogP contribution < -0.4 is 20.3 Å². The van der Waals surface area contributed by atoms with E-state index in [2.05, 4.69) is 20.7 Å².